The first-order valence-corrected chi connectivity index (χ1v) is 11.8. The minimum atomic E-state index is -3.15. The average Bonchev–Trinajstić information content (AvgIpc) is 2.73. The Morgan fingerprint density at radius 2 is 1.64 bits per heavy atom. The van der Waals surface area contributed by atoms with Crippen LogP contribution >= 0.6 is 0 Å². The van der Waals surface area contributed by atoms with Gasteiger partial charge in [-0.2, -0.15) is 0 Å². The molecule has 156 valence electrons. The zero-order chi connectivity index (χ0) is 20.1. The molecule has 2 heterocycles. The van der Waals surface area contributed by atoms with Crippen molar-refractivity contribution < 1.29 is 13.2 Å². The van der Waals surface area contributed by atoms with Crippen molar-refractivity contribution in [1.82, 2.24) is 14.5 Å². The van der Waals surface area contributed by atoms with Crippen molar-refractivity contribution >= 4 is 21.6 Å². The van der Waals surface area contributed by atoms with Crippen LogP contribution in [0, 0.1) is 5.92 Å². The Labute approximate surface area is 168 Å². The number of amides is 1. The van der Waals surface area contributed by atoms with Crippen molar-refractivity contribution in [3.05, 3.63) is 29.8 Å². The van der Waals surface area contributed by atoms with E-state index in [1.165, 1.54) is 9.99 Å². The molecule has 0 saturated carbocycles. The average molecular weight is 409 g/mol. The van der Waals surface area contributed by atoms with Crippen molar-refractivity contribution in [3.8, 4) is 0 Å². The van der Waals surface area contributed by atoms with Gasteiger partial charge in [0.2, 0.25) is 15.9 Å². The smallest absolute Gasteiger partial charge is 0.223 e. The topological polar surface area (TPSA) is 73.0 Å². The number of carbonyl (C=O) groups excluding carboxylic acids is 1. The van der Waals surface area contributed by atoms with E-state index in [1.54, 1.807) is 6.92 Å². The van der Waals surface area contributed by atoms with E-state index in [-0.39, 0.29) is 17.6 Å². The second-order valence-corrected chi connectivity index (χ2v) is 10.0. The fourth-order valence-electron chi connectivity index (χ4n) is 3.80. The predicted octanol–water partition coefficient (Wildman–Crippen LogP) is 1.12. The number of sulfonamides is 1. The molecule has 0 unspecified atom stereocenters. The Morgan fingerprint density at radius 3 is 2.21 bits per heavy atom. The molecule has 3 rings (SSSR count). The summed E-state index contributed by atoms with van der Waals surface area (Å²) in [4.78, 5) is 17.2. The van der Waals surface area contributed by atoms with E-state index in [4.69, 9.17) is 0 Å². The first-order chi connectivity index (χ1) is 13.4. The van der Waals surface area contributed by atoms with E-state index in [2.05, 4.69) is 46.4 Å². The van der Waals surface area contributed by atoms with Crippen molar-refractivity contribution in [2.75, 3.05) is 57.0 Å². The Hall–Kier alpha value is -1.64. The van der Waals surface area contributed by atoms with E-state index >= 15 is 0 Å². The van der Waals surface area contributed by atoms with Crippen molar-refractivity contribution in [2.24, 2.45) is 5.92 Å². The third kappa shape index (κ3) is 5.24. The van der Waals surface area contributed by atoms with Gasteiger partial charge in [0.1, 0.15) is 0 Å². The molecule has 1 N–H and O–H groups in total. The number of hydrogen-bond acceptors (Lipinski definition) is 5. The first kappa shape index (κ1) is 21.1. The number of carbonyl (C=O) groups is 1. The lowest BCUT2D eigenvalue weighted by Gasteiger charge is -2.34. The van der Waals surface area contributed by atoms with Crippen LogP contribution in [0.5, 0.6) is 0 Å². The molecule has 1 amide bonds. The second-order valence-electron chi connectivity index (χ2n) is 7.75. The Balaban J connectivity index is 1.45. The minimum absolute atomic E-state index is 0.0247. The maximum Gasteiger partial charge on any atom is 0.223 e. The summed E-state index contributed by atoms with van der Waals surface area (Å²) in [6.45, 7) is 7.28. The van der Waals surface area contributed by atoms with Gasteiger partial charge in [-0.3, -0.25) is 4.79 Å². The molecule has 2 aliphatic rings. The lowest BCUT2D eigenvalue weighted by Crippen LogP contribution is -2.44. The Morgan fingerprint density at radius 1 is 1.04 bits per heavy atom. The molecule has 1 aromatic rings. The highest BCUT2D eigenvalue weighted by Crippen LogP contribution is 2.21. The summed E-state index contributed by atoms with van der Waals surface area (Å²) in [6.07, 6.45) is 1.18. The van der Waals surface area contributed by atoms with Crippen molar-refractivity contribution in [1.29, 1.82) is 0 Å². The number of benzene rings is 1. The lowest BCUT2D eigenvalue weighted by atomic mass is 9.97. The maximum atomic E-state index is 12.5. The van der Waals surface area contributed by atoms with Gasteiger partial charge in [-0.1, -0.05) is 12.1 Å². The molecular formula is C20H32N4O3S. The molecule has 0 aromatic heterocycles. The van der Waals surface area contributed by atoms with E-state index in [0.29, 0.717) is 32.5 Å². The molecule has 8 heteroatoms. The van der Waals surface area contributed by atoms with Gasteiger partial charge in [0, 0.05) is 57.4 Å². The molecule has 2 aliphatic heterocycles. The summed E-state index contributed by atoms with van der Waals surface area (Å²) < 4.78 is 25.3. The Bertz CT molecular complexity index is 750. The summed E-state index contributed by atoms with van der Waals surface area (Å²) in [7, 11) is -0.999. The number of nitrogens with zero attached hydrogens (tertiary/aromatic N) is 3. The Kier molecular flexibility index (Phi) is 6.95. The standard InChI is InChI=1S/C20H32N4O3S/c1-3-28(26,27)24-10-8-18(9-11-24)20(25)21-16-17-4-6-19(7-5-17)23-14-12-22(2)13-15-23/h4-7,18H,3,8-16H2,1-2H3,(H,21,25). The van der Waals surface area contributed by atoms with Crippen LogP contribution in [0.4, 0.5) is 5.69 Å². The zero-order valence-electron chi connectivity index (χ0n) is 16.9. The van der Waals surface area contributed by atoms with Gasteiger partial charge in [0.25, 0.3) is 0 Å². The zero-order valence-corrected chi connectivity index (χ0v) is 17.7. The van der Waals surface area contributed by atoms with E-state index in [0.717, 1.165) is 31.7 Å². The van der Waals surface area contributed by atoms with Gasteiger partial charge in [-0.25, -0.2) is 12.7 Å². The molecule has 0 atom stereocenters. The van der Waals surface area contributed by atoms with Crippen LogP contribution in [0.1, 0.15) is 25.3 Å². The first-order valence-electron chi connectivity index (χ1n) is 10.2. The predicted molar refractivity (Wildman–Crippen MR) is 112 cm³/mol. The van der Waals surface area contributed by atoms with Crippen LogP contribution in [0.15, 0.2) is 24.3 Å². The molecule has 2 fully saturated rings. The fraction of sp³-hybridized carbons (Fsp3) is 0.650. The third-order valence-corrected chi connectivity index (χ3v) is 7.74. The monoisotopic (exact) mass is 408 g/mol. The van der Waals surface area contributed by atoms with Gasteiger partial charge in [-0.05, 0) is 44.5 Å². The highest BCUT2D eigenvalue weighted by molar-refractivity contribution is 7.89. The van der Waals surface area contributed by atoms with Crippen LogP contribution in [0.2, 0.25) is 0 Å². The summed E-state index contributed by atoms with van der Waals surface area (Å²) >= 11 is 0. The largest absolute Gasteiger partial charge is 0.369 e. The molecule has 0 bridgehead atoms. The summed E-state index contributed by atoms with van der Waals surface area (Å²) in [5.74, 6) is 0.0400. The lowest BCUT2D eigenvalue weighted by molar-refractivity contribution is -0.126. The SMILES string of the molecule is CCS(=O)(=O)N1CCC(C(=O)NCc2ccc(N3CCN(C)CC3)cc2)CC1. The fourth-order valence-corrected chi connectivity index (χ4v) is 4.93. The number of piperazine rings is 1. The molecule has 0 spiro atoms. The van der Waals surface area contributed by atoms with Gasteiger partial charge in [0.05, 0.1) is 5.75 Å². The van der Waals surface area contributed by atoms with Crippen molar-refractivity contribution in [2.45, 2.75) is 26.3 Å². The molecule has 7 nitrogen and oxygen atoms in total. The quantitative estimate of drug-likeness (QED) is 0.764. The number of hydrogen-bond donors (Lipinski definition) is 1. The normalized spacial score (nSPS) is 20.3. The summed E-state index contributed by atoms with van der Waals surface area (Å²) in [5.41, 5.74) is 2.31. The number of piperidine rings is 1. The van der Waals surface area contributed by atoms with E-state index < -0.39 is 10.0 Å². The van der Waals surface area contributed by atoms with Crippen LogP contribution in [-0.4, -0.2) is 75.6 Å². The maximum absolute atomic E-state index is 12.5. The van der Waals surface area contributed by atoms with Crippen LogP contribution < -0.4 is 10.2 Å². The van der Waals surface area contributed by atoms with Gasteiger partial charge in [-0.15, -0.1) is 0 Å². The van der Waals surface area contributed by atoms with E-state index in [9.17, 15) is 13.2 Å². The number of anilines is 1. The molecule has 1 aromatic carbocycles. The molecule has 0 aliphatic carbocycles. The molecule has 0 radical (unpaired) electrons. The second kappa shape index (κ2) is 9.24. The molecule has 28 heavy (non-hydrogen) atoms. The molecule has 2 saturated heterocycles. The van der Waals surface area contributed by atoms with Crippen LogP contribution in [-0.2, 0) is 21.4 Å². The summed E-state index contributed by atoms with van der Waals surface area (Å²) in [6, 6.07) is 8.40. The third-order valence-electron chi connectivity index (χ3n) is 5.85. The number of nitrogens with one attached hydrogen (secondary N) is 1. The van der Waals surface area contributed by atoms with Crippen LogP contribution in [0.25, 0.3) is 0 Å². The van der Waals surface area contributed by atoms with Gasteiger partial charge >= 0.3 is 0 Å². The van der Waals surface area contributed by atoms with Crippen LogP contribution in [0.3, 0.4) is 0 Å². The summed E-state index contributed by atoms with van der Waals surface area (Å²) in [5, 5.41) is 3.01. The molecular weight excluding hydrogens is 376 g/mol. The van der Waals surface area contributed by atoms with Gasteiger partial charge < -0.3 is 15.1 Å². The minimum Gasteiger partial charge on any atom is -0.369 e. The van der Waals surface area contributed by atoms with Gasteiger partial charge in [0.15, 0.2) is 0 Å². The highest BCUT2D eigenvalue weighted by Gasteiger charge is 2.29. The highest BCUT2D eigenvalue weighted by atomic mass is 32.2. The van der Waals surface area contributed by atoms with E-state index in [1.807, 2.05) is 0 Å². The number of likely N-dealkylation sites (N-methyl/N-ethyl adjacent to an activating group) is 1. The van der Waals surface area contributed by atoms with Crippen molar-refractivity contribution in [3.63, 3.8) is 0 Å². The number of rotatable bonds is 6.